The van der Waals surface area contributed by atoms with Gasteiger partial charge in [-0.15, -0.1) is 0 Å². The largest absolute Gasteiger partial charge is 0.338 e. The molecule has 4 nitrogen and oxygen atoms in total. The maximum Gasteiger partial charge on any atom is 0.257 e. The number of para-hydroxylation sites is 2. The molecule has 0 unspecified atom stereocenters. The summed E-state index contributed by atoms with van der Waals surface area (Å²) in [4.78, 5) is 20.3. The number of H-pyrrole nitrogens is 1. The molecule has 0 aliphatic heterocycles. The van der Waals surface area contributed by atoms with Crippen molar-refractivity contribution in [1.29, 1.82) is 0 Å². The first kappa shape index (κ1) is 17.9. The van der Waals surface area contributed by atoms with Crippen LogP contribution in [0.2, 0.25) is 15.1 Å². The van der Waals surface area contributed by atoms with E-state index in [1.165, 1.54) is 6.07 Å². The van der Waals surface area contributed by atoms with Crippen LogP contribution < -0.4 is 5.32 Å². The second-order valence-electron chi connectivity index (χ2n) is 5.88. The average Bonchev–Trinajstić information content (AvgIpc) is 3.09. The van der Waals surface area contributed by atoms with Gasteiger partial charge in [0.2, 0.25) is 0 Å². The summed E-state index contributed by atoms with van der Waals surface area (Å²) in [6.07, 6.45) is 0. The Hall–Kier alpha value is -2.53. The zero-order valence-electron chi connectivity index (χ0n) is 13.8. The van der Waals surface area contributed by atoms with Gasteiger partial charge in [-0.2, -0.15) is 0 Å². The molecule has 0 aliphatic rings. The van der Waals surface area contributed by atoms with E-state index in [4.69, 9.17) is 34.8 Å². The number of aromatic nitrogens is 2. The van der Waals surface area contributed by atoms with Crippen molar-refractivity contribution in [2.75, 3.05) is 5.32 Å². The Labute approximate surface area is 170 Å². The van der Waals surface area contributed by atoms with E-state index in [-0.39, 0.29) is 5.91 Å². The summed E-state index contributed by atoms with van der Waals surface area (Å²) in [7, 11) is 0. The van der Waals surface area contributed by atoms with Crippen LogP contribution in [0, 0.1) is 0 Å². The number of fused-ring (bicyclic) bond motifs is 1. The number of carbonyl (C=O) groups is 1. The highest BCUT2D eigenvalue weighted by Gasteiger charge is 2.14. The lowest BCUT2D eigenvalue weighted by Gasteiger charge is -2.09. The lowest BCUT2D eigenvalue weighted by Crippen LogP contribution is -2.12. The van der Waals surface area contributed by atoms with Crippen LogP contribution in [0.5, 0.6) is 0 Å². The predicted octanol–water partition coefficient (Wildman–Crippen LogP) is 6.44. The number of halogens is 3. The molecule has 1 amide bonds. The van der Waals surface area contributed by atoms with Crippen molar-refractivity contribution in [3.8, 4) is 11.4 Å². The Kier molecular flexibility index (Phi) is 4.79. The molecule has 7 heteroatoms. The van der Waals surface area contributed by atoms with Gasteiger partial charge in [-0.1, -0.05) is 46.9 Å². The number of rotatable bonds is 3. The van der Waals surface area contributed by atoms with Gasteiger partial charge in [-0.3, -0.25) is 4.79 Å². The molecule has 0 bridgehead atoms. The van der Waals surface area contributed by atoms with Gasteiger partial charge in [0, 0.05) is 16.3 Å². The van der Waals surface area contributed by atoms with Crippen LogP contribution in [0.1, 0.15) is 10.4 Å². The van der Waals surface area contributed by atoms with Gasteiger partial charge in [0.25, 0.3) is 5.91 Å². The maximum absolute atomic E-state index is 12.6. The Balaban J connectivity index is 1.68. The van der Waals surface area contributed by atoms with Crippen molar-refractivity contribution in [3.63, 3.8) is 0 Å². The monoisotopic (exact) mass is 415 g/mol. The van der Waals surface area contributed by atoms with Gasteiger partial charge in [0.05, 0.1) is 26.6 Å². The van der Waals surface area contributed by atoms with Gasteiger partial charge in [0.15, 0.2) is 0 Å². The standard InChI is InChI=1S/C20H12Cl3N3O/c21-11-5-7-16(23)14(9-11)20(27)24-12-6-8-15(22)13(10-12)19-25-17-3-1-2-4-18(17)26-19/h1-10H,(H,24,27)(H,25,26). The third kappa shape index (κ3) is 3.65. The minimum Gasteiger partial charge on any atom is -0.338 e. The molecule has 2 N–H and O–H groups in total. The van der Waals surface area contributed by atoms with Crippen LogP contribution in [-0.4, -0.2) is 15.9 Å². The number of anilines is 1. The lowest BCUT2D eigenvalue weighted by atomic mass is 10.1. The minimum absolute atomic E-state index is 0.296. The lowest BCUT2D eigenvalue weighted by molar-refractivity contribution is 0.102. The molecule has 0 fully saturated rings. The Morgan fingerprint density at radius 2 is 1.70 bits per heavy atom. The molecule has 134 valence electrons. The van der Waals surface area contributed by atoms with Crippen LogP contribution in [0.25, 0.3) is 22.4 Å². The van der Waals surface area contributed by atoms with Crippen molar-refractivity contribution in [2.24, 2.45) is 0 Å². The number of imidazole rings is 1. The van der Waals surface area contributed by atoms with Crippen molar-refractivity contribution in [3.05, 3.63) is 81.3 Å². The number of hydrogen-bond donors (Lipinski definition) is 2. The van der Waals surface area contributed by atoms with E-state index >= 15 is 0 Å². The Bertz CT molecular complexity index is 1140. The predicted molar refractivity (Wildman–Crippen MR) is 111 cm³/mol. The fourth-order valence-electron chi connectivity index (χ4n) is 2.73. The van der Waals surface area contributed by atoms with Gasteiger partial charge in [0.1, 0.15) is 5.82 Å². The van der Waals surface area contributed by atoms with Gasteiger partial charge < -0.3 is 10.3 Å². The molecule has 4 aromatic rings. The number of benzene rings is 3. The third-order valence-corrected chi connectivity index (χ3v) is 4.94. The molecule has 0 radical (unpaired) electrons. The topological polar surface area (TPSA) is 57.8 Å². The molecule has 0 spiro atoms. The number of nitrogens with one attached hydrogen (secondary N) is 2. The van der Waals surface area contributed by atoms with Crippen molar-refractivity contribution in [1.82, 2.24) is 9.97 Å². The van der Waals surface area contributed by atoms with E-state index in [9.17, 15) is 4.79 Å². The average molecular weight is 417 g/mol. The zero-order chi connectivity index (χ0) is 19.0. The normalized spacial score (nSPS) is 10.9. The zero-order valence-corrected chi connectivity index (χ0v) is 16.0. The molecule has 1 aromatic heterocycles. The first-order valence-electron chi connectivity index (χ1n) is 8.02. The van der Waals surface area contributed by atoms with E-state index < -0.39 is 0 Å². The first-order chi connectivity index (χ1) is 13.0. The third-order valence-electron chi connectivity index (χ3n) is 4.04. The summed E-state index contributed by atoms with van der Waals surface area (Å²) in [6.45, 7) is 0. The fraction of sp³-hybridized carbons (Fsp3) is 0. The molecule has 0 saturated carbocycles. The molecule has 4 rings (SSSR count). The Morgan fingerprint density at radius 3 is 2.52 bits per heavy atom. The highest BCUT2D eigenvalue weighted by atomic mass is 35.5. The summed E-state index contributed by atoms with van der Waals surface area (Å²) >= 11 is 18.4. The van der Waals surface area contributed by atoms with E-state index in [0.717, 1.165) is 11.0 Å². The summed E-state index contributed by atoms with van der Waals surface area (Å²) in [5, 5.41) is 4.09. The highest BCUT2D eigenvalue weighted by molar-refractivity contribution is 6.36. The second-order valence-corrected chi connectivity index (χ2v) is 7.13. The van der Waals surface area contributed by atoms with Crippen LogP contribution >= 0.6 is 34.8 Å². The van der Waals surface area contributed by atoms with Gasteiger partial charge >= 0.3 is 0 Å². The molecule has 1 heterocycles. The Morgan fingerprint density at radius 1 is 0.926 bits per heavy atom. The van der Waals surface area contributed by atoms with Crippen molar-refractivity contribution >= 4 is 57.4 Å². The molecule has 0 aliphatic carbocycles. The molecule has 3 aromatic carbocycles. The highest BCUT2D eigenvalue weighted by Crippen LogP contribution is 2.31. The fourth-order valence-corrected chi connectivity index (χ4v) is 3.32. The first-order valence-corrected chi connectivity index (χ1v) is 9.16. The summed E-state index contributed by atoms with van der Waals surface area (Å²) in [5.74, 6) is 0.262. The summed E-state index contributed by atoms with van der Waals surface area (Å²) in [5.41, 5.74) is 3.29. The quantitative estimate of drug-likeness (QED) is 0.403. The molecule has 0 atom stereocenters. The number of nitrogens with zero attached hydrogens (tertiary/aromatic N) is 1. The van der Waals surface area contributed by atoms with E-state index in [1.807, 2.05) is 24.3 Å². The van der Waals surface area contributed by atoms with Crippen LogP contribution in [-0.2, 0) is 0 Å². The van der Waals surface area contributed by atoms with Crippen LogP contribution in [0.4, 0.5) is 5.69 Å². The van der Waals surface area contributed by atoms with E-state index in [2.05, 4.69) is 15.3 Å². The molecular weight excluding hydrogens is 405 g/mol. The van der Waals surface area contributed by atoms with Crippen LogP contribution in [0.3, 0.4) is 0 Å². The second kappa shape index (κ2) is 7.24. The van der Waals surface area contributed by atoms with E-state index in [0.29, 0.717) is 37.7 Å². The summed E-state index contributed by atoms with van der Waals surface area (Å²) in [6, 6.07) is 17.6. The number of hydrogen-bond acceptors (Lipinski definition) is 2. The molecular formula is C20H12Cl3N3O. The van der Waals surface area contributed by atoms with Gasteiger partial charge in [-0.05, 0) is 48.5 Å². The van der Waals surface area contributed by atoms with Crippen LogP contribution in [0.15, 0.2) is 60.7 Å². The molecule has 27 heavy (non-hydrogen) atoms. The van der Waals surface area contributed by atoms with E-state index in [1.54, 1.807) is 30.3 Å². The summed E-state index contributed by atoms with van der Waals surface area (Å²) < 4.78 is 0. The smallest absolute Gasteiger partial charge is 0.257 e. The molecule has 0 saturated heterocycles. The number of aromatic amines is 1. The number of carbonyl (C=O) groups excluding carboxylic acids is 1. The SMILES string of the molecule is O=C(Nc1ccc(Cl)c(-c2nc3ccccc3[nH]2)c1)c1cc(Cl)ccc1Cl. The van der Waals surface area contributed by atoms with Crippen molar-refractivity contribution < 1.29 is 4.79 Å². The van der Waals surface area contributed by atoms with Gasteiger partial charge in [-0.25, -0.2) is 4.98 Å². The maximum atomic E-state index is 12.6. The minimum atomic E-state index is -0.361. The number of amides is 1. The van der Waals surface area contributed by atoms with Crippen molar-refractivity contribution in [2.45, 2.75) is 0 Å².